The highest BCUT2D eigenvalue weighted by molar-refractivity contribution is 6.31. The van der Waals surface area contributed by atoms with E-state index >= 15 is 0 Å². The monoisotopic (exact) mass is 484 g/mol. The van der Waals surface area contributed by atoms with Crippen LogP contribution in [0.1, 0.15) is 22.3 Å². The van der Waals surface area contributed by atoms with Crippen LogP contribution in [0.5, 0.6) is 0 Å². The molecule has 1 fully saturated rings. The summed E-state index contributed by atoms with van der Waals surface area (Å²) in [5.74, 6) is -0.266. The molecule has 33 heavy (non-hydrogen) atoms. The number of anilines is 2. The van der Waals surface area contributed by atoms with Crippen molar-refractivity contribution in [1.82, 2.24) is 10.2 Å². The molecule has 6 nitrogen and oxygen atoms in total. The predicted octanol–water partition coefficient (Wildman–Crippen LogP) is 3.75. The lowest BCUT2D eigenvalue weighted by atomic mass is 10.1. The van der Waals surface area contributed by atoms with Gasteiger partial charge in [-0.15, -0.1) is 0 Å². The molecule has 3 N–H and O–H groups in total. The molecule has 0 radical (unpaired) electrons. The lowest BCUT2D eigenvalue weighted by Gasteiger charge is -2.37. The summed E-state index contributed by atoms with van der Waals surface area (Å²) in [5, 5.41) is 15.4. The van der Waals surface area contributed by atoms with Gasteiger partial charge in [-0.25, -0.2) is 0 Å². The summed E-state index contributed by atoms with van der Waals surface area (Å²) in [6, 6.07) is 12.4. The Balaban J connectivity index is 1.62. The molecule has 0 aliphatic carbocycles. The van der Waals surface area contributed by atoms with E-state index in [1.54, 1.807) is 35.2 Å². The summed E-state index contributed by atoms with van der Waals surface area (Å²) in [5.41, 5.74) is 2.84. The van der Waals surface area contributed by atoms with Crippen LogP contribution in [-0.4, -0.2) is 68.0 Å². The molecule has 0 spiro atoms. The molecule has 1 amide bonds. The SMILES string of the molecule is O=C(Nc1ccc(Cl)cc1N1CCN(CCC(F)(F)F)CC1)c1ccc(CNCCO)cc1. The molecule has 1 heterocycles. The van der Waals surface area contributed by atoms with Gasteiger partial charge in [0.2, 0.25) is 0 Å². The van der Waals surface area contributed by atoms with Crippen molar-refractivity contribution < 1.29 is 23.1 Å². The van der Waals surface area contributed by atoms with Gasteiger partial charge >= 0.3 is 6.18 Å². The fourth-order valence-electron chi connectivity index (χ4n) is 3.65. The highest BCUT2D eigenvalue weighted by Gasteiger charge is 2.29. The Morgan fingerprint density at radius 1 is 1.06 bits per heavy atom. The van der Waals surface area contributed by atoms with Crippen molar-refractivity contribution in [2.75, 3.05) is 56.1 Å². The Kier molecular flexibility index (Phi) is 8.96. The second kappa shape index (κ2) is 11.7. The average molecular weight is 485 g/mol. The van der Waals surface area contributed by atoms with E-state index in [0.29, 0.717) is 55.5 Å². The van der Waals surface area contributed by atoms with Gasteiger partial charge < -0.3 is 20.6 Å². The minimum Gasteiger partial charge on any atom is -0.395 e. The quantitative estimate of drug-likeness (QED) is 0.473. The number of carbonyl (C=O) groups is 1. The van der Waals surface area contributed by atoms with Gasteiger partial charge in [0.15, 0.2) is 0 Å². The van der Waals surface area contributed by atoms with Gasteiger partial charge in [0.05, 0.1) is 24.4 Å². The molecule has 1 saturated heterocycles. The van der Waals surface area contributed by atoms with Gasteiger partial charge in [-0.05, 0) is 35.9 Å². The maximum atomic E-state index is 12.8. The molecule has 2 aromatic carbocycles. The molecule has 0 bridgehead atoms. The number of benzene rings is 2. The van der Waals surface area contributed by atoms with Gasteiger partial charge in [-0.1, -0.05) is 23.7 Å². The van der Waals surface area contributed by atoms with Crippen LogP contribution in [0.15, 0.2) is 42.5 Å². The first-order valence-electron chi connectivity index (χ1n) is 10.8. The lowest BCUT2D eigenvalue weighted by Crippen LogP contribution is -2.47. The molecule has 0 atom stereocenters. The van der Waals surface area contributed by atoms with Crippen LogP contribution in [0, 0.1) is 0 Å². The van der Waals surface area contributed by atoms with Crippen LogP contribution in [-0.2, 0) is 6.54 Å². The van der Waals surface area contributed by atoms with E-state index in [0.717, 1.165) is 11.3 Å². The van der Waals surface area contributed by atoms with Crippen molar-refractivity contribution >= 4 is 28.9 Å². The number of rotatable bonds is 9. The van der Waals surface area contributed by atoms with Crippen molar-refractivity contribution in [3.8, 4) is 0 Å². The maximum Gasteiger partial charge on any atom is 0.390 e. The molecule has 0 unspecified atom stereocenters. The number of hydrogen-bond donors (Lipinski definition) is 3. The number of alkyl halides is 3. The Labute approximate surface area is 196 Å². The van der Waals surface area contributed by atoms with Crippen LogP contribution in [0.4, 0.5) is 24.5 Å². The van der Waals surface area contributed by atoms with E-state index in [4.69, 9.17) is 16.7 Å². The smallest absolute Gasteiger partial charge is 0.390 e. The third-order valence-electron chi connectivity index (χ3n) is 5.47. The van der Waals surface area contributed by atoms with Gasteiger partial charge in [0.25, 0.3) is 5.91 Å². The summed E-state index contributed by atoms with van der Waals surface area (Å²) >= 11 is 6.19. The second-order valence-corrected chi connectivity index (χ2v) is 8.34. The second-order valence-electron chi connectivity index (χ2n) is 7.91. The topological polar surface area (TPSA) is 67.8 Å². The Hall–Kier alpha value is -2.33. The van der Waals surface area contributed by atoms with Crippen LogP contribution in [0.2, 0.25) is 5.02 Å². The summed E-state index contributed by atoms with van der Waals surface area (Å²) in [4.78, 5) is 16.6. The number of nitrogens with one attached hydrogen (secondary N) is 2. The van der Waals surface area contributed by atoms with Crippen molar-refractivity contribution in [1.29, 1.82) is 0 Å². The standard InChI is InChI=1S/C23H28ClF3N4O2/c24-19-5-6-20(29-22(33)18-3-1-17(2-4-18)16-28-8-14-32)21(15-19)31-12-10-30(11-13-31)9-7-23(25,26)27/h1-6,15,28,32H,7-14,16H2,(H,29,33). The van der Waals surface area contributed by atoms with Crippen molar-refractivity contribution in [2.45, 2.75) is 19.1 Å². The summed E-state index contributed by atoms with van der Waals surface area (Å²) in [7, 11) is 0. The molecule has 0 aromatic heterocycles. The Morgan fingerprint density at radius 2 is 1.76 bits per heavy atom. The van der Waals surface area contributed by atoms with Crippen LogP contribution >= 0.6 is 11.6 Å². The average Bonchev–Trinajstić information content (AvgIpc) is 2.79. The first-order valence-corrected chi connectivity index (χ1v) is 11.2. The fourth-order valence-corrected chi connectivity index (χ4v) is 3.82. The molecule has 1 aliphatic heterocycles. The Bertz CT molecular complexity index is 917. The number of carbonyl (C=O) groups excluding carboxylic acids is 1. The van der Waals surface area contributed by atoms with Crippen molar-refractivity contribution in [2.24, 2.45) is 0 Å². The number of aliphatic hydroxyl groups is 1. The number of halogens is 4. The summed E-state index contributed by atoms with van der Waals surface area (Å²) < 4.78 is 37.5. The fraction of sp³-hybridized carbons (Fsp3) is 0.435. The Morgan fingerprint density at radius 3 is 2.39 bits per heavy atom. The van der Waals surface area contributed by atoms with E-state index in [1.165, 1.54) is 0 Å². The zero-order chi connectivity index (χ0) is 23.8. The lowest BCUT2D eigenvalue weighted by molar-refractivity contribution is -0.138. The van der Waals surface area contributed by atoms with Crippen LogP contribution in [0.25, 0.3) is 0 Å². The van der Waals surface area contributed by atoms with E-state index in [1.807, 2.05) is 17.0 Å². The van der Waals surface area contributed by atoms with Gasteiger partial charge in [-0.3, -0.25) is 9.69 Å². The predicted molar refractivity (Wildman–Crippen MR) is 124 cm³/mol. The normalized spacial score (nSPS) is 15.0. The number of amides is 1. The largest absolute Gasteiger partial charge is 0.395 e. The zero-order valence-corrected chi connectivity index (χ0v) is 18.9. The molecule has 0 saturated carbocycles. The number of piperazine rings is 1. The van der Waals surface area contributed by atoms with E-state index in [2.05, 4.69) is 10.6 Å². The molecular weight excluding hydrogens is 457 g/mol. The van der Waals surface area contributed by atoms with Gasteiger partial charge in [0.1, 0.15) is 0 Å². The van der Waals surface area contributed by atoms with Crippen LogP contribution in [0.3, 0.4) is 0 Å². The van der Waals surface area contributed by atoms with E-state index in [-0.39, 0.29) is 19.1 Å². The third-order valence-corrected chi connectivity index (χ3v) is 5.70. The first-order chi connectivity index (χ1) is 15.7. The van der Waals surface area contributed by atoms with Crippen LogP contribution < -0.4 is 15.5 Å². The van der Waals surface area contributed by atoms with Crippen molar-refractivity contribution in [3.05, 3.63) is 58.6 Å². The maximum absolute atomic E-state index is 12.8. The summed E-state index contributed by atoms with van der Waals surface area (Å²) in [6.07, 6.45) is -4.97. The molecule has 10 heteroatoms. The third kappa shape index (κ3) is 7.89. The van der Waals surface area contributed by atoms with E-state index < -0.39 is 12.6 Å². The van der Waals surface area contributed by atoms with Gasteiger partial charge in [-0.2, -0.15) is 13.2 Å². The number of hydrogen-bond acceptors (Lipinski definition) is 5. The molecule has 1 aliphatic rings. The van der Waals surface area contributed by atoms with E-state index in [9.17, 15) is 18.0 Å². The highest BCUT2D eigenvalue weighted by Crippen LogP contribution is 2.31. The summed E-state index contributed by atoms with van der Waals surface area (Å²) in [6.45, 7) is 3.22. The molecule has 2 aromatic rings. The number of aliphatic hydroxyl groups excluding tert-OH is 1. The van der Waals surface area contributed by atoms with Gasteiger partial charge in [0, 0.05) is 56.4 Å². The number of nitrogens with zero attached hydrogens (tertiary/aromatic N) is 2. The minimum atomic E-state index is -4.16. The molecule has 180 valence electrons. The highest BCUT2D eigenvalue weighted by atomic mass is 35.5. The van der Waals surface area contributed by atoms with Crippen molar-refractivity contribution in [3.63, 3.8) is 0 Å². The molecule has 3 rings (SSSR count). The molecular formula is C23H28ClF3N4O2. The minimum absolute atomic E-state index is 0.0119. The first kappa shape index (κ1) is 25.3. The zero-order valence-electron chi connectivity index (χ0n) is 18.2.